The molecule has 0 spiro atoms. The van der Waals surface area contributed by atoms with Gasteiger partial charge in [-0.05, 0) is 36.1 Å². The SMILES string of the molecule is CCN(CC(C)C)S(=O)(=O)c1ccc(C)c(CO)c1. The summed E-state index contributed by atoms with van der Waals surface area (Å²) in [4.78, 5) is 0.254. The molecule has 108 valence electrons. The van der Waals surface area contributed by atoms with Crippen LogP contribution >= 0.6 is 0 Å². The van der Waals surface area contributed by atoms with Crippen molar-refractivity contribution >= 4 is 10.0 Å². The molecule has 1 aromatic carbocycles. The zero-order valence-electron chi connectivity index (χ0n) is 12.0. The maximum atomic E-state index is 12.5. The summed E-state index contributed by atoms with van der Waals surface area (Å²) in [5, 5.41) is 9.24. The Morgan fingerprint density at radius 2 is 1.95 bits per heavy atom. The summed E-state index contributed by atoms with van der Waals surface area (Å²) in [5.41, 5.74) is 1.55. The predicted molar refractivity (Wildman–Crippen MR) is 76.4 cm³/mol. The van der Waals surface area contributed by atoms with Crippen LogP contribution in [0.4, 0.5) is 0 Å². The van der Waals surface area contributed by atoms with Gasteiger partial charge in [-0.1, -0.05) is 26.8 Å². The van der Waals surface area contributed by atoms with Gasteiger partial charge in [-0.2, -0.15) is 4.31 Å². The number of rotatable bonds is 6. The Kier molecular flexibility index (Phi) is 5.52. The van der Waals surface area contributed by atoms with Crippen LogP contribution in [0.1, 0.15) is 31.9 Å². The molecule has 0 aromatic heterocycles. The van der Waals surface area contributed by atoms with E-state index in [-0.39, 0.29) is 17.4 Å². The molecule has 0 aliphatic heterocycles. The first-order valence-electron chi connectivity index (χ1n) is 6.53. The van der Waals surface area contributed by atoms with Crippen LogP contribution in [0.3, 0.4) is 0 Å². The Morgan fingerprint density at radius 3 is 2.42 bits per heavy atom. The van der Waals surface area contributed by atoms with E-state index in [1.807, 2.05) is 27.7 Å². The third kappa shape index (κ3) is 3.78. The standard InChI is InChI=1S/C14H23NO3S/c1-5-15(9-11(2)3)19(17,18)14-7-6-12(4)13(8-14)10-16/h6-8,11,16H,5,9-10H2,1-4H3. The highest BCUT2D eigenvalue weighted by Gasteiger charge is 2.24. The molecule has 0 saturated carbocycles. The number of aliphatic hydroxyl groups excluding tert-OH is 1. The molecule has 1 aromatic rings. The second-order valence-electron chi connectivity index (χ2n) is 5.10. The molecule has 0 aliphatic carbocycles. The van der Waals surface area contributed by atoms with Gasteiger partial charge in [0.2, 0.25) is 10.0 Å². The molecule has 1 N–H and O–H groups in total. The normalized spacial score (nSPS) is 12.4. The first-order valence-corrected chi connectivity index (χ1v) is 7.97. The lowest BCUT2D eigenvalue weighted by atomic mass is 10.1. The Hall–Kier alpha value is -0.910. The average Bonchev–Trinajstić information content (AvgIpc) is 2.35. The highest BCUT2D eigenvalue weighted by molar-refractivity contribution is 7.89. The van der Waals surface area contributed by atoms with E-state index >= 15 is 0 Å². The lowest BCUT2D eigenvalue weighted by molar-refractivity contribution is 0.280. The molecule has 1 rings (SSSR count). The van der Waals surface area contributed by atoms with Crippen molar-refractivity contribution in [1.82, 2.24) is 4.31 Å². The van der Waals surface area contributed by atoms with Crippen molar-refractivity contribution in [3.63, 3.8) is 0 Å². The number of benzene rings is 1. The van der Waals surface area contributed by atoms with Gasteiger partial charge in [-0.15, -0.1) is 0 Å². The number of hydrogen-bond donors (Lipinski definition) is 1. The molecule has 0 aliphatic rings. The molecule has 19 heavy (non-hydrogen) atoms. The third-order valence-electron chi connectivity index (χ3n) is 3.05. The maximum absolute atomic E-state index is 12.5. The fourth-order valence-corrected chi connectivity index (χ4v) is 3.60. The number of hydrogen-bond acceptors (Lipinski definition) is 3. The number of sulfonamides is 1. The highest BCUT2D eigenvalue weighted by Crippen LogP contribution is 2.20. The minimum atomic E-state index is -3.47. The fourth-order valence-electron chi connectivity index (χ4n) is 1.93. The van der Waals surface area contributed by atoms with Gasteiger partial charge < -0.3 is 5.11 Å². The molecule has 0 bridgehead atoms. The van der Waals surface area contributed by atoms with Crippen molar-refractivity contribution in [3.8, 4) is 0 Å². The lowest BCUT2D eigenvalue weighted by Gasteiger charge is -2.22. The van der Waals surface area contributed by atoms with E-state index in [0.717, 1.165) is 5.56 Å². The summed E-state index contributed by atoms with van der Waals surface area (Å²) in [5.74, 6) is 0.275. The Bertz CT molecular complexity index is 523. The first-order chi connectivity index (χ1) is 8.82. The minimum absolute atomic E-state index is 0.147. The van der Waals surface area contributed by atoms with Crippen LogP contribution in [0.25, 0.3) is 0 Å². The van der Waals surface area contributed by atoms with Gasteiger partial charge in [0.05, 0.1) is 11.5 Å². The lowest BCUT2D eigenvalue weighted by Crippen LogP contribution is -2.34. The average molecular weight is 285 g/mol. The Balaban J connectivity index is 3.18. The van der Waals surface area contributed by atoms with Crippen LogP contribution < -0.4 is 0 Å². The number of aliphatic hydroxyl groups is 1. The van der Waals surface area contributed by atoms with Gasteiger partial charge in [0.15, 0.2) is 0 Å². The van der Waals surface area contributed by atoms with Crippen LogP contribution in [-0.4, -0.2) is 30.9 Å². The van der Waals surface area contributed by atoms with E-state index < -0.39 is 10.0 Å². The summed E-state index contributed by atoms with van der Waals surface area (Å²) in [6.45, 7) is 8.48. The molecular formula is C14H23NO3S. The van der Waals surface area contributed by atoms with Gasteiger partial charge in [0.1, 0.15) is 0 Å². The van der Waals surface area contributed by atoms with Crippen molar-refractivity contribution in [1.29, 1.82) is 0 Å². The largest absolute Gasteiger partial charge is 0.392 e. The summed E-state index contributed by atoms with van der Waals surface area (Å²) in [6.07, 6.45) is 0. The van der Waals surface area contributed by atoms with Crippen LogP contribution in [0.15, 0.2) is 23.1 Å². The second kappa shape index (κ2) is 6.50. The molecule has 0 atom stereocenters. The maximum Gasteiger partial charge on any atom is 0.243 e. The molecule has 0 fully saturated rings. The van der Waals surface area contributed by atoms with Crippen LogP contribution in [0.2, 0.25) is 0 Å². The minimum Gasteiger partial charge on any atom is -0.392 e. The van der Waals surface area contributed by atoms with Gasteiger partial charge in [0, 0.05) is 13.1 Å². The molecule has 0 radical (unpaired) electrons. The van der Waals surface area contributed by atoms with Crippen molar-refractivity contribution in [2.45, 2.75) is 39.2 Å². The van der Waals surface area contributed by atoms with E-state index in [1.54, 1.807) is 18.2 Å². The summed E-state index contributed by atoms with van der Waals surface area (Å²) >= 11 is 0. The van der Waals surface area contributed by atoms with E-state index in [1.165, 1.54) is 4.31 Å². The number of aryl methyl sites for hydroxylation is 1. The van der Waals surface area contributed by atoms with Crippen LogP contribution in [-0.2, 0) is 16.6 Å². The summed E-state index contributed by atoms with van der Waals surface area (Å²) in [7, 11) is -3.47. The quantitative estimate of drug-likeness (QED) is 0.871. The molecule has 0 amide bonds. The highest BCUT2D eigenvalue weighted by atomic mass is 32.2. The summed E-state index contributed by atoms with van der Waals surface area (Å²) < 4.78 is 26.5. The van der Waals surface area contributed by atoms with Gasteiger partial charge in [0.25, 0.3) is 0 Å². The van der Waals surface area contributed by atoms with Crippen molar-refractivity contribution < 1.29 is 13.5 Å². The molecule has 0 heterocycles. The molecule has 5 heteroatoms. The smallest absolute Gasteiger partial charge is 0.243 e. The topological polar surface area (TPSA) is 57.6 Å². The molecule has 0 saturated heterocycles. The van der Waals surface area contributed by atoms with E-state index in [9.17, 15) is 13.5 Å². The van der Waals surface area contributed by atoms with Crippen molar-refractivity contribution in [2.75, 3.05) is 13.1 Å². The van der Waals surface area contributed by atoms with E-state index in [0.29, 0.717) is 18.7 Å². The van der Waals surface area contributed by atoms with Crippen LogP contribution in [0.5, 0.6) is 0 Å². The Morgan fingerprint density at radius 1 is 1.32 bits per heavy atom. The van der Waals surface area contributed by atoms with Gasteiger partial charge in [-0.25, -0.2) is 8.42 Å². The molecule has 0 unspecified atom stereocenters. The van der Waals surface area contributed by atoms with Crippen LogP contribution in [0, 0.1) is 12.8 Å². The van der Waals surface area contributed by atoms with Crippen molar-refractivity contribution in [2.24, 2.45) is 5.92 Å². The van der Waals surface area contributed by atoms with E-state index in [2.05, 4.69) is 0 Å². The summed E-state index contributed by atoms with van der Waals surface area (Å²) in [6, 6.07) is 4.90. The van der Waals surface area contributed by atoms with Crippen molar-refractivity contribution in [3.05, 3.63) is 29.3 Å². The Labute approximate surface area is 116 Å². The molecule has 4 nitrogen and oxygen atoms in total. The monoisotopic (exact) mass is 285 g/mol. The second-order valence-corrected chi connectivity index (χ2v) is 7.03. The zero-order chi connectivity index (χ0) is 14.6. The zero-order valence-corrected chi connectivity index (χ0v) is 12.9. The predicted octanol–water partition coefficient (Wildman–Crippen LogP) is 2.15. The van der Waals surface area contributed by atoms with Gasteiger partial charge >= 0.3 is 0 Å². The fraction of sp³-hybridized carbons (Fsp3) is 0.571. The van der Waals surface area contributed by atoms with Gasteiger partial charge in [-0.3, -0.25) is 0 Å². The molecular weight excluding hydrogens is 262 g/mol. The number of nitrogens with zero attached hydrogens (tertiary/aromatic N) is 1. The first kappa shape index (κ1) is 16.1. The van der Waals surface area contributed by atoms with E-state index in [4.69, 9.17) is 0 Å². The third-order valence-corrected chi connectivity index (χ3v) is 4.99.